The summed E-state index contributed by atoms with van der Waals surface area (Å²) < 4.78 is 0. The Morgan fingerprint density at radius 3 is 2.65 bits per heavy atom. The maximum atomic E-state index is 11.9. The fourth-order valence-corrected chi connectivity index (χ4v) is 3.34. The Kier molecular flexibility index (Phi) is 4.40. The molecule has 2 saturated carbocycles. The second-order valence-electron chi connectivity index (χ2n) is 6.16. The highest BCUT2D eigenvalue weighted by Gasteiger charge is 2.42. The van der Waals surface area contributed by atoms with Crippen LogP contribution in [0.25, 0.3) is 0 Å². The van der Waals surface area contributed by atoms with E-state index in [0.29, 0.717) is 12.3 Å². The third-order valence-corrected chi connectivity index (χ3v) is 5.35. The quantitative estimate of drug-likeness (QED) is 0.727. The molecule has 0 aliphatic heterocycles. The van der Waals surface area contributed by atoms with E-state index in [0.717, 1.165) is 18.2 Å². The Balaban J connectivity index is 1.68. The first-order chi connectivity index (χ1) is 8.15. The van der Waals surface area contributed by atoms with Crippen LogP contribution in [0, 0.1) is 17.3 Å². The van der Waals surface area contributed by atoms with Crippen molar-refractivity contribution >= 4 is 18.5 Å². The summed E-state index contributed by atoms with van der Waals surface area (Å²) in [5, 5.41) is 3.14. The zero-order valence-electron chi connectivity index (χ0n) is 10.9. The smallest absolute Gasteiger partial charge is 0.220 e. The number of hydrogen-bond donors (Lipinski definition) is 2. The van der Waals surface area contributed by atoms with E-state index < -0.39 is 0 Å². The van der Waals surface area contributed by atoms with Gasteiger partial charge in [0.2, 0.25) is 5.91 Å². The molecule has 0 radical (unpaired) electrons. The van der Waals surface area contributed by atoms with Gasteiger partial charge >= 0.3 is 0 Å². The van der Waals surface area contributed by atoms with Gasteiger partial charge in [0.15, 0.2) is 0 Å². The van der Waals surface area contributed by atoms with Crippen LogP contribution in [0.15, 0.2) is 0 Å². The summed E-state index contributed by atoms with van der Waals surface area (Å²) in [6.07, 6.45) is 8.39. The van der Waals surface area contributed by atoms with Gasteiger partial charge in [-0.15, -0.1) is 0 Å². The van der Waals surface area contributed by atoms with Crippen molar-refractivity contribution in [1.82, 2.24) is 5.32 Å². The molecule has 0 bridgehead atoms. The minimum atomic E-state index is 0.245. The van der Waals surface area contributed by atoms with Crippen molar-refractivity contribution in [3.63, 3.8) is 0 Å². The first-order valence-electron chi connectivity index (χ1n) is 7.03. The molecule has 0 aromatic rings. The van der Waals surface area contributed by atoms with Crippen LogP contribution in [0.1, 0.15) is 51.9 Å². The monoisotopic (exact) mass is 255 g/mol. The van der Waals surface area contributed by atoms with Gasteiger partial charge in [-0.05, 0) is 42.3 Å². The van der Waals surface area contributed by atoms with Gasteiger partial charge in [-0.25, -0.2) is 0 Å². The topological polar surface area (TPSA) is 29.1 Å². The van der Waals surface area contributed by atoms with Crippen LogP contribution in [0.2, 0.25) is 0 Å². The number of hydrogen-bond acceptors (Lipinski definition) is 2. The number of nitrogens with one attached hydrogen (secondary N) is 1. The Hall–Kier alpha value is -0.180. The molecule has 2 aliphatic rings. The van der Waals surface area contributed by atoms with Crippen LogP contribution >= 0.6 is 12.6 Å². The minimum Gasteiger partial charge on any atom is -0.356 e. The van der Waals surface area contributed by atoms with Gasteiger partial charge in [0.25, 0.3) is 0 Å². The van der Waals surface area contributed by atoms with E-state index >= 15 is 0 Å². The van der Waals surface area contributed by atoms with Gasteiger partial charge in [-0.1, -0.05) is 26.2 Å². The van der Waals surface area contributed by atoms with Gasteiger partial charge in [-0.3, -0.25) is 4.79 Å². The number of carbonyl (C=O) groups excluding carboxylic acids is 1. The van der Waals surface area contributed by atoms with E-state index in [2.05, 4.69) is 24.9 Å². The highest BCUT2D eigenvalue weighted by Crippen LogP contribution is 2.49. The third-order valence-electron chi connectivity index (χ3n) is 4.68. The second-order valence-corrected chi connectivity index (χ2v) is 6.48. The molecule has 2 unspecified atom stereocenters. The molecule has 1 amide bonds. The van der Waals surface area contributed by atoms with Crippen molar-refractivity contribution in [3.8, 4) is 0 Å². The standard InChI is InChI=1S/C14H25NOS/c1-11-4-2-3-5-12(11)9-15-13(16)8-14(10-17)6-7-14/h11-12,17H,2-10H2,1H3,(H,15,16). The molecule has 2 aliphatic carbocycles. The van der Waals surface area contributed by atoms with Crippen LogP contribution < -0.4 is 5.32 Å². The number of rotatable bonds is 5. The molecule has 1 N–H and O–H groups in total. The molecule has 0 saturated heterocycles. The molecule has 3 heteroatoms. The van der Waals surface area contributed by atoms with E-state index in [-0.39, 0.29) is 11.3 Å². The number of thiol groups is 1. The van der Waals surface area contributed by atoms with Gasteiger partial charge in [-0.2, -0.15) is 12.6 Å². The summed E-state index contributed by atoms with van der Waals surface area (Å²) in [5.74, 6) is 2.59. The van der Waals surface area contributed by atoms with Crippen molar-refractivity contribution in [2.45, 2.75) is 51.9 Å². The highest BCUT2D eigenvalue weighted by molar-refractivity contribution is 7.80. The van der Waals surface area contributed by atoms with Crippen molar-refractivity contribution in [1.29, 1.82) is 0 Å². The molecule has 2 atom stereocenters. The predicted octanol–water partition coefficient (Wildman–Crippen LogP) is 3.03. The molecular weight excluding hydrogens is 230 g/mol. The van der Waals surface area contributed by atoms with Crippen LogP contribution in [-0.2, 0) is 4.79 Å². The molecule has 98 valence electrons. The fourth-order valence-electron chi connectivity index (χ4n) is 2.91. The molecule has 0 aromatic carbocycles. The van der Waals surface area contributed by atoms with Crippen molar-refractivity contribution in [2.24, 2.45) is 17.3 Å². The molecule has 0 aromatic heterocycles. The summed E-state index contributed by atoms with van der Waals surface area (Å²) in [4.78, 5) is 11.9. The second kappa shape index (κ2) is 5.64. The molecule has 17 heavy (non-hydrogen) atoms. The lowest BCUT2D eigenvalue weighted by Crippen LogP contribution is -2.34. The zero-order valence-corrected chi connectivity index (χ0v) is 11.8. The molecular formula is C14H25NOS. The Morgan fingerprint density at radius 2 is 2.06 bits per heavy atom. The van der Waals surface area contributed by atoms with Gasteiger partial charge in [0.1, 0.15) is 0 Å². The summed E-state index contributed by atoms with van der Waals surface area (Å²) >= 11 is 4.34. The van der Waals surface area contributed by atoms with E-state index in [4.69, 9.17) is 0 Å². The first-order valence-corrected chi connectivity index (χ1v) is 7.66. The molecule has 0 heterocycles. The van der Waals surface area contributed by atoms with Crippen molar-refractivity contribution in [2.75, 3.05) is 12.3 Å². The average Bonchev–Trinajstić information content (AvgIpc) is 3.08. The molecule has 2 nitrogen and oxygen atoms in total. The summed E-state index contributed by atoms with van der Waals surface area (Å²) in [6, 6.07) is 0. The molecule has 2 fully saturated rings. The maximum absolute atomic E-state index is 11.9. The third kappa shape index (κ3) is 3.64. The van der Waals surface area contributed by atoms with Crippen molar-refractivity contribution < 1.29 is 4.79 Å². The number of amides is 1. The summed E-state index contributed by atoms with van der Waals surface area (Å²) in [6.45, 7) is 3.22. The Bertz CT molecular complexity index is 275. The zero-order chi connectivity index (χ0) is 12.3. The number of carbonyl (C=O) groups is 1. The normalized spacial score (nSPS) is 30.9. The Morgan fingerprint density at radius 1 is 1.35 bits per heavy atom. The summed E-state index contributed by atoms with van der Waals surface area (Å²) in [7, 11) is 0. The maximum Gasteiger partial charge on any atom is 0.220 e. The van der Waals surface area contributed by atoms with E-state index in [1.54, 1.807) is 0 Å². The molecule has 0 spiro atoms. The van der Waals surface area contributed by atoms with Crippen LogP contribution in [0.4, 0.5) is 0 Å². The lowest BCUT2D eigenvalue weighted by molar-refractivity contribution is -0.122. The fraction of sp³-hybridized carbons (Fsp3) is 0.929. The Labute approximate surface area is 110 Å². The largest absolute Gasteiger partial charge is 0.356 e. The van der Waals surface area contributed by atoms with Crippen LogP contribution in [0.3, 0.4) is 0 Å². The minimum absolute atomic E-state index is 0.245. The first kappa shape index (κ1) is 13.3. The van der Waals surface area contributed by atoms with Gasteiger partial charge in [0.05, 0.1) is 0 Å². The van der Waals surface area contributed by atoms with E-state index in [1.165, 1.54) is 38.5 Å². The summed E-state index contributed by atoms with van der Waals surface area (Å²) in [5.41, 5.74) is 0.255. The predicted molar refractivity (Wildman–Crippen MR) is 74.3 cm³/mol. The lowest BCUT2D eigenvalue weighted by atomic mass is 9.80. The van der Waals surface area contributed by atoms with E-state index in [9.17, 15) is 4.79 Å². The van der Waals surface area contributed by atoms with Crippen LogP contribution in [0.5, 0.6) is 0 Å². The van der Waals surface area contributed by atoms with Crippen LogP contribution in [-0.4, -0.2) is 18.2 Å². The lowest BCUT2D eigenvalue weighted by Gasteiger charge is -2.29. The van der Waals surface area contributed by atoms with E-state index in [1.807, 2.05) is 0 Å². The van der Waals surface area contributed by atoms with Gasteiger partial charge < -0.3 is 5.32 Å². The SMILES string of the molecule is CC1CCCCC1CNC(=O)CC1(CS)CC1. The molecule has 2 rings (SSSR count). The average molecular weight is 255 g/mol. The highest BCUT2D eigenvalue weighted by atomic mass is 32.1. The van der Waals surface area contributed by atoms with Gasteiger partial charge in [0, 0.05) is 13.0 Å². The van der Waals surface area contributed by atoms with Crippen molar-refractivity contribution in [3.05, 3.63) is 0 Å².